The summed E-state index contributed by atoms with van der Waals surface area (Å²) in [7, 11) is 0. The average Bonchev–Trinajstić information content (AvgIpc) is 2.88. The molecule has 2 N–H and O–H groups in total. The molecule has 0 radical (unpaired) electrons. The first-order valence-corrected chi connectivity index (χ1v) is 11.4. The van der Waals surface area contributed by atoms with E-state index in [0.29, 0.717) is 53.9 Å². The zero-order valence-electron chi connectivity index (χ0n) is 20.1. The summed E-state index contributed by atoms with van der Waals surface area (Å²) in [4.78, 5) is 23.4. The van der Waals surface area contributed by atoms with Crippen molar-refractivity contribution >= 4 is 18.1 Å². The summed E-state index contributed by atoms with van der Waals surface area (Å²) in [5.41, 5.74) is 4.49. The van der Waals surface area contributed by atoms with Crippen molar-refractivity contribution in [2.75, 3.05) is 19.8 Å². The maximum atomic E-state index is 12.6. The summed E-state index contributed by atoms with van der Waals surface area (Å²) in [5.74, 6) is 0.167. The van der Waals surface area contributed by atoms with Gasteiger partial charge in [0.1, 0.15) is 6.61 Å². The fourth-order valence-corrected chi connectivity index (χ4v) is 3.13. The number of nitrogens with zero attached hydrogens (tertiary/aromatic N) is 1. The van der Waals surface area contributed by atoms with Crippen molar-refractivity contribution in [1.29, 1.82) is 0 Å². The minimum absolute atomic E-state index is 0.304. The van der Waals surface area contributed by atoms with E-state index in [1.54, 1.807) is 43.3 Å². The molecule has 3 rings (SSSR count). The van der Waals surface area contributed by atoms with Crippen molar-refractivity contribution in [3.63, 3.8) is 0 Å². The number of carbonyl (C=O) groups is 2. The number of carboxylic acid groups (broad SMARTS) is 1. The van der Waals surface area contributed by atoms with Crippen LogP contribution in [0.25, 0.3) is 0 Å². The van der Waals surface area contributed by atoms with Crippen LogP contribution in [0.2, 0.25) is 0 Å². The predicted octanol–water partition coefficient (Wildman–Crippen LogP) is 4.29. The van der Waals surface area contributed by atoms with E-state index in [9.17, 15) is 9.59 Å². The fourth-order valence-electron chi connectivity index (χ4n) is 3.13. The van der Waals surface area contributed by atoms with Crippen LogP contribution in [0.15, 0.2) is 71.8 Å². The van der Waals surface area contributed by atoms with Gasteiger partial charge in [-0.3, -0.25) is 4.79 Å². The van der Waals surface area contributed by atoms with E-state index in [1.165, 1.54) is 6.21 Å². The summed E-state index contributed by atoms with van der Waals surface area (Å²) in [5, 5.41) is 12.8. The molecule has 0 aromatic heterocycles. The minimum Gasteiger partial charge on any atom is -0.490 e. The number of nitrogens with one attached hydrogen (secondary N) is 1. The second-order valence-corrected chi connectivity index (χ2v) is 7.39. The van der Waals surface area contributed by atoms with Crippen molar-refractivity contribution in [3.8, 4) is 23.0 Å². The summed E-state index contributed by atoms with van der Waals surface area (Å²) in [6.45, 7) is 4.33. The van der Waals surface area contributed by atoms with Crippen LogP contribution < -0.4 is 24.4 Å². The molecule has 0 unspecified atom stereocenters. The SMILES string of the molecule is CCOc1cc(/C=N/NC(=O)c2ccc(OCc3ccccc3)c(OCC)c2)ccc1OCC(=O)O. The lowest BCUT2D eigenvalue weighted by molar-refractivity contribution is -0.139. The van der Waals surface area contributed by atoms with E-state index in [4.69, 9.17) is 24.1 Å². The van der Waals surface area contributed by atoms with Crippen molar-refractivity contribution in [3.05, 3.63) is 83.4 Å². The Bertz CT molecular complexity index is 1200. The Morgan fingerprint density at radius 2 is 1.50 bits per heavy atom. The third-order valence-corrected chi connectivity index (χ3v) is 4.74. The molecule has 0 saturated carbocycles. The molecule has 0 fully saturated rings. The van der Waals surface area contributed by atoms with Crippen LogP contribution >= 0.6 is 0 Å². The standard InChI is InChI=1S/C27H28N2O7/c1-3-33-24-14-20(10-12-22(24)36-18-26(30)31)16-28-29-27(32)21-11-13-23(25(15-21)34-4-2)35-17-19-8-6-5-7-9-19/h5-16H,3-4,17-18H2,1-2H3,(H,29,32)(H,30,31)/b28-16+. The predicted molar refractivity (Wildman–Crippen MR) is 134 cm³/mol. The maximum absolute atomic E-state index is 12.6. The molecule has 0 aliphatic rings. The topological polar surface area (TPSA) is 116 Å². The lowest BCUT2D eigenvalue weighted by Crippen LogP contribution is -2.17. The Hall–Kier alpha value is -4.53. The molecule has 0 saturated heterocycles. The van der Waals surface area contributed by atoms with Crippen molar-refractivity contribution < 1.29 is 33.6 Å². The Kier molecular flexibility index (Phi) is 9.69. The highest BCUT2D eigenvalue weighted by Gasteiger charge is 2.12. The Balaban J connectivity index is 1.65. The molecule has 3 aromatic rings. The highest BCUT2D eigenvalue weighted by molar-refractivity contribution is 5.95. The molecule has 188 valence electrons. The molecule has 9 nitrogen and oxygen atoms in total. The molecule has 0 heterocycles. The number of carboxylic acids is 1. The van der Waals surface area contributed by atoms with Crippen LogP contribution in [-0.2, 0) is 11.4 Å². The molecule has 9 heteroatoms. The molecule has 1 amide bonds. The third kappa shape index (κ3) is 7.76. The fraction of sp³-hybridized carbons (Fsp3) is 0.222. The van der Waals surface area contributed by atoms with Gasteiger partial charge in [0, 0.05) is 5.56 Å². The quantitative estimate of drug-likeness (QED) is 0.270. The number of hydrogen-bond acceptors (Lipinski definition) is 7. The number of benzene rings is 3. The lowest BCUT2D eigenvalue weighted by atomic mass is 10.2. The van der Waals surface area contributed by atoms with Gasteiger partial charge in [0.15, 0.2) is 29.6 Å². The van der Waals surface area contributed by atoms with E-state index in [1.807, 2.05) is 37.3 Å². The average molecular weight is 493 g/mol. The highest BCUT2D eigenvalue weighted by Crippen LogP contribution is 2.30. The van der Waals surface area contributed by atoms with Crippen molar-refractivity contribution in [2.24, 2.45) is 5.10 Å². The number of ether oxygens (including phenoxy) is 4. The first-order valence-electron chi connectivity index (χ1n) is 11.4. The van der Waals surface area contributed by atoms with Gasteiger partial charge in [-0.05, 0) is 61.4 Å². The maximum Gasteiger partial charge on any atom is 0.341 e. The van der Waals surface area contributed by atoms with Gasteiger partial charge in [-0.25, -0.2) is 10.2 Å². The second kappa shape index (κ2) is 13.4. The number of hydrazone groups is 1. The van der Waals surface area contributed by atoms with Gasteiger partial charge in [-0.2, -0.15) is 5.10 Å². The molecule has 0 aliphatic heterocycles. The van der Waals surface area contributed by atoms with Gasteiger partial charge in [0.25, 0.3) is 5.91 Å². The normalized spacial score (nSPS) is 10.6. The Labute approximate surface area is 209 Å². The third-order valence-electron chi connectivity index (χ3n) is 4.74. The number of carbonyl (C=O) groups excluding carboxylic acids is 1. The van der Waals surface area contributed by atoms with E-state index >= 15 is 0 Å². The van der Waals surface area contributed by atoms with E-state index in [0.717, 1.165) is 5.56 Å². The molecule has 36 heavy (non-hydrogen) atoms. The first-order chi connectivity index (χ1) is 17.5. The highest BCUT2D eigenvalue weighted by atomic mass is 16.5. The zero-order valence-corrected chi connectivity index (χ0v) is 20.1. The van der Waals surface area contributed by atoms with Crippen LogP contribution in [0.5, 0.6) is 23.0 Å². The number of rotatable bonds is 13. The molecule has 0 bridgehead atoms. The smallest absolute Gasteiger partial charge is 0.341 e. The van der Waals surface area contributed by atoms with Crippen molar-refractivity contribution in [2.45, 2.75) is 20.5 Å². The van der Waals surface area contributed by atoms with Gasteiger partial charge < -0.3 is 24.1 Å². The van der Waals surface area contributed by atoms with Gasteiger partial charge in [0.2, 0.25) is 0 Å². The monoisotopic (exact) mass is 492 g/mol. The van der Waals surface area contributed by atoms with Crippen molar-refractivity contribution in [1.82, 2.24) is 5.43 Å². The van der Waals surface area contributed by atoms with Crippen LogP contribution in [0.1, 0.15) is 35.3 Å². The summed E-state index contributed by atoms with van der Waals surface area (Å²) in [6, 6.07) is 19.6. The largest absolute Gasteiger partial charge is 0.490 e. The lowest BCUT2D eigenvalue weighted by Gasteiger charge is -2.13. The molecule has 0 atom stereocenters. The summed E-state index contributed by atoms with van der Waals surface area (Å²) in [6.07, 6.45) is 1.45. The van der Waals surface area contributed by atoms with E-state index in [2.05, 4.69) is 10.5 Å². The van der Waals surface area contributed by atoms with Gasteiger partial charge in [0.05, 0.1) is 19.4 Å². The number of aliphatic carboxylic acids is 1. The van der Waals surface area contributed by atoms with Gasteiger partial charge in [-0.15, -0.1) is 0 Å². The molecule has 0 aliphatic carbocycles. The van der Waals surface area contributed by atoms with Gasteiger partial charge in [-0.1, -0.05) is 30.3 Å². The van der Waals surface area contributed by atoms with Crippen LogP contribution in [0, 0.1) is 0 Å². The van der Waals surface area contributed by atoms with Gasteiger partial charge >= 0.3 is 5.97 Å². The van der Waals surface area contributed by atoms with Crippen LogP contribution in [0.3, 0.4) is 0 Å². The Morgan fingerprint density at radius 3 is 2.19 bits per heavy atom. The van der Waals surface area contributed by atoms with E-state index < -0.39 is 18.5 Å². The second-order valence-electron chi connectivity index (χ2n) is 7.39. The molecule has 3 aromatic carbocycles. The summed E-state index contributed by atoms with van der Waals surface area (Å²) >= 11 is 0. The Morgan fingerprint density at radius 1 is 0.833 bits per heavy atom. The summed E-state index contributed by atoms with van der Waals surface area (Å²) < 4.78 is 22.3. The first kappa shape index (κ1) is 26.1. The minimum atomic E-state index is -1.09. The number of amides is 1. The molecular formula is C27H28N2O7. The molecular weight excluding hydrogens is 464 g/mol. The molecule has 0 spiro atoms. The van der Waals surface area contributed by atoms with E-state index in [-0.39, 0.29) is 0 Å². The zero-order chi connectivity index (χ0) is 25.8. The number of hydrogen-bond donors (Lipinski definition) is 2. The van der Waals surface area contributed by atoms with Crippen LogP contribution in [0.4, 0.5) is 0 Å². The van der Waals surface area contributed by atoms with Crippen LogP contribution in [-0.4, -0.2) is 43.0 Å².